The molecular weight excluding hydrogens is 294 g/mol. The minimum atomic E-state index is -0.837. The van der Waals surface area contributed by atoms with E-state index >= 15 is 0 Å². The smallest absolute Gasteiger partial charge is 0.289 e. The van der Waals surface area contributed by atoms with Crippen molar-refractivity contribution in [1.82, 2.24) is 15.6 Å². The van der Waals surface area contributed by atoms with Gasteiger partial charge in [0.2, 0.25) is 5.76 Å². The molecule has 2 atom stereocenters. The molecule has 1 amide bonds. The maximum absolute atomic E-state index is 12.7. The number of nitrogens with zero attached hydrogens (tertiary/aromatic N) is 1. The third-order valence-electron chi connectivity index (χ3n) is 4.34. The first-order chi connectivity index (χ1) is 11.0. The van der Waals surface area contributed by atoms with Gasteiger partial charge in [-0.05, 0) is 25.5 Å². The predicted molar refractivity (Wildman–Crippen MR) is 85.1 cm³/mol. The molecule has 3 N–H and O–H groups in total. The van der Waals surface area contributed by atoms with Gasteiger partial charge in [0, 0.05) is 13.5 Å². The highest BCUT2D eigenvalue weighted by Gasteiger charge is 2.43. The molecule has 1 aromatic carbocycles. The van der Waals surface area contributed by atoms with Crippen LogP contribution in [-0.4, -0.2) is 35.2 Å². The first kappa shape index (κ1) is 15.7. The zero-order chi connectivity index (χ0) is 16.4. The first-order valence-corrected chi connectivity index (χ1v) is 7.74. The normalized spacial score (nSPS) is 24.4. The molecule has 2 aromatic rings. The van der Waals surface area contributed by atoms with Gasteiger partial charge in [-0.1, -0.05) is 30.3 Å². The molecule has 0 aliphatic carbocycles. The number of amides is 1. The van der Waals surface area contributed by atoms with Gasteiger partial charge in [-0.15, -0.1) is 0 Å². The molecule has 23 heavy (non-hydrogen) atoms. The van der Waals surface area contributed by atoms with E-state index in [0.29, 0.717) is 31.1 Å². The number of aliphatic hydroxyl groups is 1. The monoisotopic (exact) mass is 315 g/mol. The summed E-state index contributed by atoms with van der Waals surface area (Å²) in [5.74, 6) is 0.295. The van der Waals surface area contributed by atoms with Crippen LogP contribution in [0.4, 0.5) is 0 Å². The molecule has 0 unspecified atom stereocenters. The quantitative estimate of drug-likeness (QED) is 0.794. The van der Waals surface area contributed by atoms with Crippen LogP contribution >= 0.6 is 0 Å². The van der Waals surface area contributed by atoms with E-state index in [0.717, 1.165) is 5.56 Å². The van der Waals surface area contributed by atoms with Gasteiger partial charge in [0.15, 0.2) is 5.89 Å². The van der Waals surface area contributed by atoms with Crippen LogP contribution in [0.2, 0.25) is 0 Å². The Balaban J connectivity index is 1.96. The van der Waals surface area contributed by atoms with E-state index < -0.39 is 11.6 Å². The van der Waals surface area contributed by atoms with Crippen molar-refractivity contribution in [2.75, 3.05) is 13.1 Å². The third-order valence-corrected chi connectivity index (χ3v) is 4.34. The molecule has 1 fully saturated rings. The van der Waals surface area contributed by atoms with Crippen molar-refractivity contribution < 1.29 is 14.3 Å². The summed E-state index contributed by atoms with van der Waals surface area (Å²) in [6, 6.07) is 9.57. The van der Waals surface area contributed by atoms with Gasteiger partial charge < -0.3 is 20.2 Å². The Labute approximate surface area is 134 Å². The van der Waals surface area contributed by atoms with Gasteiger partial charge in [0.1, 0.15) is 0 Å². The second-order valence-corrected chi connectivity index (χ2v) is 5.91. The highest BCUT2D eigenvalue weighted by Crippen LogP contribution is 2.31. The number of hydrogen-bond acceptors (Lipinski definition) is 5. The fourth-order valence-corrected chi connectivity index (χ4v) is 3.16. The Morgan fingerprint density at radius 3 is 2.74 bits per heavy atom. The van der Waals surface area contributed by atoms with E-state index in [2.05, 4.69) is 15.6 Å². The van der Waals surface area contributed by atoms with Crippen molar-refractivity contribution in [2.45, 2.75) is 31.9 Å². The molecule has 1 aliphatic rings. The lowest BCUT2D eigenvalue weighted by molar-refractivity contribution is 0.0279. The van der Waals surface area contributed by atoms with Crippen molar-refractivity contribution >= 4 is 5.91 Å². The highest BCUT2D eigenvalue weighted by atomic mass is 16.4. The average molecular weight is 315 g/mol. The number of aryl methyl sites for hydroxylation is 2. The van der Waals surface area contributed by atoms with Crippen LogP contribution in [0.5, 0.6) is 0 Å². The van der Waals surface area contributed by atoms with Gasteiger partial charge in [-0.2, -0.15) is 0 Å². The van der Waals surface area contributed by atoms with Gasteiger partial charge in [0.05, 0.1) is 17.3 Å². The fourth-order valence-electron chi connectivity index (χ4n) is 3.16. The van der Waals surface area contributed by atoms with Crippen molar-refractivity contribution in [2.24, 2.45) is 0 Å². The molecule has 6 heteroatoms. The molecule has 1 aromatic heterocycles. The molecule has 0 radical (unpaired) electrons. The Hall–Kier alpha value is -2.18. The summed E-state index contributed by atoms with van der Waals surface area (Å²) < 4.78 is 5.41. The molecule has 2 heterocycles. The van der Waals surface area contributed by atoms with Crippen LogP contribution in [-0.2, 0) is 5.54 Å². The van der Waals surface area contributed by atoms with E-state index in [4.69, 9.17) is 4.42 Å². The Morgan fingerprint density at radius 2 is 2.13 bits per heavy atom. The fraction of sp³-hybridized carbons (Fsp3) is 0.412. The zero-order valence-corrected chi connectivity index (χ0v) is 13.3. The molecule has 1 aliphatic heterocycles. The Bertz CT molecular complexity index is 698. The molecular formula is C17H21N3O3. The number of piperidine rings is 1. The van der Waals surface area contributed by atoms with Crippen molar-refractivity contribution in [3.05, 3.63) is 53.2 Å². The van der Waals surface area contributed by atoms with Gasteiger partial charge in [0.25, 0.3) is 5.91 Å². The molecule has 0 saturated carbocycles. The summed E-state index contributed by atoms with van der Waals surface area (Å²) in [6.45, 7) is 4.57. The van der Waals surface area contributed by atoms with Crippen LogP contribution in [0.1, 0.15) is 34.1 Å². The molecule has 0 spiro atoms. The predicted octanol–water partition coefficient (Wildman–Crippen LogP) is 1.27. The lowest BCUT2D eigenvalue weighted by Crippen LogP contribution is -2.61. The lowest BCUT2D eigenvalue weighted by atomic mass is 9.79. The summed E-state index contributed by atoms with van der Waals surface area (Å²) in [4.78, 5) is 16.8. The van der Waals surface area contributed by atoms with E-state index in [-0.39, 0.29) is 11.7 Å². The number of oxazole rings is 1. The first-order valence-electron chi connectivity index (χ1n) is 7.74. The summed E-state index contributed by atoms with van der Waals surface area (Å²) in [5.41, 5.74) is 0.597. The van der Waals surface area contributed by atoms with E-state index in [1.54, 1.807) is 13.8 Å². The molecule has 122 valence electrons. The number of nitrogens with one attached hydrogen (secondary N) is 2. The van der Waals surface area contributed by atoms with Crippen LogP contribution in [0, 0.1) is 13.8 Å². The summed E-state index contributed by atoms with van der Waals surface area (Å²) in [5, 5.41) is 16.8. The number of carbonyl (C=O) groups excluding carboxylic acids is 1. The SMILES string of the molecule is Cc1nc(C)c(C(=O)N[C@@]2(c3ccccc3)CCNC[C@H]2O)o1. The standard InChI is InChI=1S/C17H21N3O3/c1-11-15(23-12(2)19-11)16(22)20-17(8-9-18-10-14(17)21)13-6-4-3-5-7-13/h3-7,14,18,21H,8-10H2,1-2H3,(H,20,22)/t14-,17-/m1/s1. The minimum absolute atomic E-state index is 0.198. The third kappa shape index (κ3) is 2.87. The van der Waals surface area contributed by atoms with Crippen molar-refractivity contribution in [1.29, 1.82) is 0 Å². The maximum atomic E-state index is 12.7. The average Bonchev–Trinajstić information content (AvgIpc) is 2.89. The zero-order valence-electron chi connectivity index (χ0n) is 13.3. The number of benzene rings is 1. The highest BCUT2D eigenvalue weighted by molar-refractivity contribution is 5.93. The number of aliphatic hydroxyl groups excluding tert-OH is 1. The van der Waals surface area contributed by atoms with E-state index in [1.165, 1.54) is 0 Å². The Kier molecular flexibility index (Phi) is 4.19. The second-order valence-electron chi connectivity index (χ2n) is 5.91. The summed E-state index contributed by atoms with van der Waals surface area (Å²) >= 11 is 0. The number of aromatic nitrogens is 1. The second kappa shape index (κ2) is 6.14. The molecule has 3 rings (SSSR count). The topological polar surface area (TPSA) is 87.4 Å². The van der Waals surface area contributed by atoms with Gasteiger partial charge in [-0.25, -0.2) is 4.98 Å². The number of rotatable bonds is 3. The van der Waals surface area contributed by atoms with Gasteiger partial charge >= 0.3 is 0 Å². The number of carbonyl (C=O) groups is 1. The van der Waals surface area contributed by atoms with Gasteiger partial charge in [-0.3, -0.25) is 4.79 Å². The van der Waals surface area contributed by atoms with Crippen molar-refractivity contribution in [3.8, 4) is 0 Å². The van der Waals surface area contributed by atoms with Crippen LogP contribution in [0.15, 0.2) is 34.7 Å². The summed E-state index contributed by atoms with van der Waals surface area (Å²) in [7, 11) is 0. The largest absolute Gasteiger partial charge is 0.436 e. The number of β-amino-alcohol motifs (C(OH)–C–C–N with tert-alkyl or cyclic N) is 1. The number of hydrogen-bond donors (Lipinski definition) is 3. The Morgan fingerprint density at radius 1 is 1.39 bits per heavy atom. The summed E-state index contributed by atoms with van der Waals surface area (Å²) in [6.07, 6.45) is -0.136. The minimum Gasteiger partial charge on any atom is -0.436 e. The molecule has 6 nitrogen and oxygen atoms in total. The van der Waals surface area contributed by atoms with E-state index in [1.807, 2.05) is 30.3 Å². The lowest BCUT2D eigenvalue weighted by Gasteiger charge is -2.42. The molecule has 1 saturated heterocycles. The van der Waals surface area contributed by atoms with Crippen molar-refractivity contribution in [3.63, 3.8) is 0 Å². The van der Waals surface area contributed by atoms with Crippen LogP contribution < -0.4 is 10.6 Å². The van der Waals surface area contributed by atoms with Crippen LogP contribution in [0.3, 0.4) is 0 Å². The maximum Gasteiger partial charge on any atom is 0.289 e. The molecule has 0 bridgehead atoms. The van der Waals surface area contributed by atoms with E-state index in [9.17, 15) is 9.90 Å². The van der Waals surface area contributed by atoms with Crippen LogP contribution in [0.25, 0.3) is 0 Å².